The summed E-state index contributed by atoms with van der Waals surface area (Å²) in [4.78, 5) is 10.8. The fourth-order valence-electron chi connectivity index (χ4n) is 2.85. The van der Waals surface area contributed by atoms with Crippen LogP contribution in [0.2, 0.25) is 0 Å². The van der Waals surface area contributed by atoms with Gasteiger partial charge in [-0.1, -0.05) is 24.3 Å². The fraction of sp³-hybridized carbons (Fsp3) is 0.235. The quantitative estimate of drug-likeness (QED) is 0.809. The second-order valence-corrected chi connectivity index (χ2v) is 5.42. The second-order valence-electron chi connectivity index (χ2n) is 5.42. The van der Waals surface area contributed by atoms with E-state index in [0.717, 1.165) is 24.9 Å². The smallest absolute Gasteiger partial charge is 0.316 e. The van der Waals surface area contributed by atoms with Crippen molar-refractivity contribution in [1.82, 2.24) is 0 Å². The molecule has 4 nitrogen and oxygen atoms in total. The summed E-state index contributed by atoms with van der Waals surface area (Å²) in [6, 6.07) is 16.2. The number of rotatable bonds is 3. The van der Waals surface area contributed by atoms with E-state index in [1.165, 1.54) is 11.1 Å². The van der Waals surface area contributed by atoms with Crippen LogP contribution in [0.3, 0.4) is 0 Å². The molecule has 108 valence electrons. The van der Waals surface area contributed by atoms with Crippen LogP contribution in [-0.4, -0.2) is 12.1 Å². The number of primary amides is 1. The molecule has 21 heavy (non-hydrogen) atoms. The first-order valence-electron chi connectivity index (χ1n) is 7.20. The monoisotopic (exact) mass is 281 g/mol. The number of amides is 2. The molecule has 2 aromatic rings. The Kier molecular flexibility index (Phi) is 3.77. The molecule has 1 atom stereocenters. The van der Waals surface area contributed by atoms with Crippen LogP contribution in [0.4, 0.5) is 16.2 Å². The van der Waals surface area contributed by atoms with Crippen LogP contribution in [0.15, 0.2) is 48.5 Å². The summed E-state index contributed by atoms with van der Waals surface area (Å²) in [5, 5.41) is 6.12. The lowest BCUT2D eigenvalue weighted by molar-refractivity contribution is 0.259. The van der Waals surface area contributed by atoms with Gasteiger partial charge in [-0.25, -0.2) is 4.79 Å². The average Bonchev–Trinajstić information content (AvgIpc) is 2.49. The van der Waals surface area contributed by atoms with Crippen LogP contribution >= 0.6 is 0 Å². The van der Waals surface area contributed by atoms with Gasteiger partial charge in [0, 0.05) is 17.4 Å². The van der Waals surface area contributed by atoms with E-state index < -0.39 is 6.03 Å². The van der Waals surface area contributed by atoms with Crippen molar-refractivity contribution in [3.63, 3.8) is 0 Å². The van der Waals surface area contributed by atoms with E-state index in [1.54, 1.807) is 0 Å². The van der Waals surface area contributed by atoms with E-state index in [9.17, 15) is 4.79 Å². The number of nitrogens with one attached hydrogen (secondary N) is 2. The largest absolute Gasteiger partial charge is 0.382 e. The van der Waals surface area contributed by atoms with Crippen LogP contribution in [-0.2, 0) is 12.8 Å². The van der Waals surface area contributed by atoms with E-state index >= 15 is 0 Å². The van der Waals surface area contributed by atoms with Gasteiger partial charge in [0.2, 0.25) is 0 Å². The molecule has 4 heteroatoms. The van der Waals surface area contributed by atoms with Gasteiger partial charge < -0.3 is 16.4 Å². The molecule has 0 fully saturated rings. The lowest BCUT2D eigenvalue weighted by Crippen LogP contribution is -2.27. The van der Waals surface area contributed by atoms with Gasteiger partial charge in [0.25, 0.3) is 0 Å². The van der Waals surface area contributed by atoms with E-state index in [-0.39, 0.29) is 0 Å². The number of benzene rings is 2. The number of fused-ring (bicyclic) bond motifs is 1. The molecule has 0 unspecified atom stereocenters. The van der Waals surface area contributed by atoms with E-state index in [2.05, 4.69) is 34.9 Å². The van der Waals surface area contributed by atoms with Gasteiger partial charge in [-0.15, -0.1) is 0 Å². The summed E-state index contributed by atoms with van der Waals surface area (Å²) in [7, 11) is 0. The van der Waals surface area contributed by atoms with Crippen molar-refractivity contribution >= 4 is 17.4 Å². The standard InChI is InChI=1S/C17H19N3O/c18-17(21)20-15-9-7-14(8-10-15)19-16-6-5-12-3-1-2-4-13(12)11-16/h1-4,7-10,16,19H,5-6,11H2,(H3,18,20,21)/t16-/m1/s1. The number of carbonyl (C=O) groups excluding carboxylic acids is 1. The van der Waals surface area contributed by atoms with Gasteiger partial charge in [-0.2, -0.15) is 0 Å². The van der Waals surface area contributed by atoms with Crippen LogP contribution in [0, 0.1) is 0 Å². The number of hydrogen-bond donors (Lipinski definition) is 3. The molecule has 0 saturated carbocycles. The van der Waals surface area contributed by atoms with Crippen LogP contribution in [0.25, 0.3) is 0 Å². The molecule has 0 saturated heterocycles. The van der Waals surface area contributed by atoms with Gasteiger partial charge in [-0.3, -0.25) is 0 Å². The maximum atomic E-state index is 10.8. The third-order valence-electron chi connectivity index (χ3n) is 3.87. The lowest BCUT2D eigenvalue weighted by Gasteiger charge is -2.26. The van der Waals surface area contributed by atoms with Gasteiger partial charge in [0.05, 0.1) is 0 Å². The first-order chi connectivity index (χ1) is 10.2. The zero-order valence-corrected chi connectivity index (χ0v) is 11.8. The van der Waals surface area contributed by atoms with Gasteiger partial charge in [-0.05, 0) is 54.7 Å². The normalized spacial score (nSPS) is 16.9. The Bertz CT molecular complexity index is 637. The van der Waals surface area contributed by atoms with E-state index in [4.69, 9.17) is 5.73 Å². The predicted octanol–water partition coefficient (Wildman–Crippen LogP) is 3.15. The zero-order chi connectivity index (χ0) is 14.7. The molecule has 0 aromatic heterocycles. The molecule has 0 spiro atoms. The molecule has 0 heterocycles. The number of urea groups is 1. The van der Waals surface area contributed by atoms with Gasteiger partial charge in [0.1, 0.15) is 0 Å². The maximum Gasteiger partial charge on any atom is 0.316 e. The molecule has 2 aromatic carbocycles. The number of hydrogen-bond acceptors (Lipinski definition) is 2. The third-order valence-corrected chi connectivity index (χ3v) is 3.87. The minimum absolute atomic E-state index is 0.454. The highest BCUT2D eigenvalue weighted by atomic mass is 16.2. The highest BCUT2D eigenvalue weighted by Gasteiger charge is 2.17. The van der Waals surface area contributed by atoms with Crippen molar-refractivity contribution in [3.8, 4) is 0 Å². The molecule has 0 aliphatic heterocycles. The summed E-state index contributed by atoms with van der Waals surface area (Å²) in [6.07, 6.45) is 3.31. The Morgan fingerprint density at radius 1 is 1.00 bits per heavy atom. The average molecular weight is 281 g/mol. The number of anilines is 2. The summed E-state index contributed by atoms with van der Waals surface area (Å²) >= 11 is 0. The highest BCUT2D eigenvalue weighted by molar-refractivity contribution is 5.87. The number of carbonyl (C=O) groups is 1. The molecule has 4 N–H and O–H groups in total. The number of aryl methyl sites for hydroxylation is 1. The second kappa shape index (κ2) is 5.87. The predicted molar refractivity (Wildman–Crippen MR) is 85.5 cm³/mol. The summed E-state index contributed by atoms with van der Waals surface area (Å²) in [5.74, 6) is 0. The Balaban J connectivity index is 1.64. The molecule has 2 amide bonds. The molecular formula is C17H19N3O. The maximum absolute atomic E-state index is 10.8. The SMILES string of the molecule is NC(=O)Nc1ccc(N[C@@H]2CCc3ccccc3C2)cc1. The highest BCUT2D eigenvalue weighted by Crippen LogP contribution is 2.24. The van der Waals surface area contributed by atoms with Crippen molar-refractivity contribution < 1.29 is 4.79 Å². The third kappa shape index (κ3) is 3.34. The molecule has 0 radical (unpaired) electrons. The Hall–Kier alpha value is -2.49. The van der Waals surface area contributed by atoms with Crippen molar-refractivity contribution in [2.45, 2.75) is 25.3 Å². The number of nitrogens with two attached hydrogens (primary N) is 1. The van der Waals surface area contributed by atoms with Crippen LogP contribution in [0.5, 0.6) is 0 Å². The van der Waals surface area contributed by atoms with Crippen LogP contribution in [0.1, 0.15) is 17.5 Å². The fourth-order valence-corrected chi connectivity index (χ4v) is 2.85. The summed E-state index contributed by atoms with van der Waals surface area (Å²) in [5.41, 5.74) is 9.77. The molecule has 1 aliphatic carbocycles. The molecule has 3 rings (SSSR count). The van der Waals surface area contributed by atoms with Gasteiger partial charge >= 0.3 is 6.03 Å². The zero-order valence-electron chi connectivity index (χ0n) is 11.8. The summed E-state index contributed by atoms with van der Waals surface area (Å²) in [6.45, 7) is 0. The first kappa shape index (κ1) is 13.5. The van der Waals surface area contributed by atoms with Crippen LogP contribution < -0.4 is 16.4 Å². The lowest BCUT2D eigenvalue weighted by atomic mass is 9.88. The minimum Gasteiger partial charge on any atom is -0.382 e. The van der Waals surface area contributed by atoms with Crippen molar-refractivity contribution in [1.29, 1.82) is 0 Å². The van der Waals surface area contributed by atoms with Gasteiger partial charge in [0.15, 0.2) is 0 Å². The molecular weight excluding hydrogens is 262 g/mol. The van der Waals surface area contributed by atoms with Crippen molar-refractivity contribution in [3.05, 3.63) is 59.7 Å². The molecule has 0 bridgehead atoms. The van der Waals surface area contributed by atoms with Crippen molar-refractivity contribution in [2.75, 3.05) is 10.6 Å². The Morgan fingerprint density at radius 2 is 1.67 bits per heavy atom. The minimum atomic E-state index is -0.542. The summed E-state index contributed by atoms with van der Waals surface area (Å²) < 4.78 is 0. The van der Waals surface area contributed by atoms with E-state index in [1.807, 2.05) is 24.3 Å². The van der Waals surface area contributed by atoms with Crippen molar-refractivity contribution in [2.24, 2.45) is 5.73 Å². The Morgan fingerprint density at radius 3 is 2.38 bits per heavy atom. The topological polar surface area (TPSA) is 67.2 Å². The molecule has 1 aliphatic rings. The van der Waals surface area contributed by atoms with E-state index in [0.29, 0.717) is 11.7 Å². The first-order valence-corrected chi connectivity index (χ1v) is 7.20. The Labute approximate surface area is 124 Å².